The van der Waals surface area contributed by atoms with Crippen LogP contribution in [0.25, 0.3) is 0 Å². The van der Waals surface area contributed by atoms with Crippen LogP contribution in [0.5, 0.6) is 0 Å². The van der Waals surface area contributed by atoms with E-state index >= 15 is 0 Å². The Balaban J connectivity index is 2.18. The summed E-state index contributed by atoms with van der Waals surface area (Å²) in [7, 11) is 0. The Bertz CT molecular complexity index is 473. The zero-order valence-corrected chi connectivity index (χ0v) is 11.9. The van der Waals surface area contributed by atoms with E-state index in [2.05, 4.69) is 0 Å². The largest absolute Gasteiger partial charge is 0.462 e. The van der Waals surface area contributed by atoms with E-state index in [0.717, 1.165) is 12.0 Å². The van der Waals surface area contributed by atoms with Crippen molar-refractivity contribution in [1.29, 1.82) is 0 Å². The highest BCUT2D eigenvalue weighted by Gasteiger charge is 2.48. The molecule has 2 rings (SSSR count). The Morgan fingerprint density at radius 2 is 2.11 bits per heavy atom. The highest BCUT2D eigenvalue weighted by Crippen LogP contribution is 2.37. The topological polar surface area (TPSA) is 52.6 Å². The average Bonchev–Trinajstić information content (AvgIpc) is 2.60. The minimum atomic E-state index is -0.819. The third-order valence-corrected chi connectivity index (χ3v) is 3.99. The van der Waals surface area contributed by atoms with Crippen LogP contribution in [0.3, 0.4) is 0 Å². The highest BCUT2D eigenvalue weighted by atomic mass is 16.6. The van der Waals surface area contributed by atoms with Gasteiger partial charge in [-0.25, -0.2) is 4.79 Å². The van der Waals surface area contributed by atoms with E-state index < -0.39 is 28.9 Å². The van der Waals surface area contributed by atoms with Gasteiger partial charge in [0, 0.05) is 5.41 Å². The molecular weight excluding hydrogens is 244 g/mol. The van der Waals surface area contributed by atoms with E-state index in [1.807, 2.05) is 45.9 Å². The summed E-state index contributed by atoms with van der Waals surface area (Å²) in [6.07, 6.45) is 5.79. The van der Waals surface area contributed by atoms with Crippen molar-refractivity contribution >= 4 is 11.9 Å². The second kappa shape index (κ2) is 4.51. The van der Waals surface area contributed by atoms with Gasteiger partial charge in [0.2, 0.25) is 6.10 Å². The first-order valence-electron chi connectivity index (χ1n) is 6.50. The smallest absolute Gasteiger partial charge is 0.348 e. The number of cyclic esters (lactones) is 1. The number of esters is 2. The summed E-state index contributed by atoms with van der Waals surface area (Å²) >= 11 is 0. The molecule has 0 spiro atoms. The van der Waals surface area contributed by atoms with E-state index in [0.29, 0.717) is 0 Å². The first kappa shape index (κ1) is 13.8. The predicted octanol–water partition coefficient (Wildman–Crippen LogP) is 2.39. The highest BCUT2D eigenvalue weighted by molar-refractivity contribution is 5.87. The van der Waals surface area contributed by atoms with Crippen molar-refractivity contribution in [2.45, 2.75) is 40.2 Å². The Kier molecular flexibility index (Phi) is 3.29. The average molecular weight is 264 g/mol. The maximum absolute atomic E-state index is 12.4. The van der Waals surface area contributed by atoms with Crippen molar-refractivity contribution in [2.24, 2.45) is 10.8 Å². The van der Waals surface area contributed by atoms with E-state index in [-0.39, 0.29) is 6.61 Å². The van der Waals surface area contributed by atoms with Crippen molar-refractivity contribution < 1.29 is 19.1 Å². The number of hydrogen-bond acceptors (Lipinski definition) is 4. The van der Waals surface area contributed by atoms with Crippen LogP contribution in [0.15, 0.2) is 23.8 Å². The van der Waals surface area contributed by atoms with Gasteiger partial charge in [-0.1, -0.05) is 37.6 Å². The van der Waals surface area contributed by atoms with Gasteiger partial charge in [-0.3, -0.25) is 4.79 Å². The van der Waals surface area contributed by atoms with Gasteiger partial charge in [0.15, 0.2) is 0 Å². The molecule has 2 atom stereocenters. The monoisotopic (exact) mass is 264 g/mol. The molecule has 0 bridgehead atoms. The summed E-state index contributed by atoms with van der Waals surface area (Å²) in [6, 6.07) is 0. The lowest BCUT2D eigenvalue weighted by Gasteiger charge is -2.30. The summed E-state index contributed by atoms with van der Waals surface area (Å²) in [6.45, 7) is 7.72. The molecule has 0 aromatic heterocycles. The number of ether oxygens (including phenoxy) is 2. The minimum absolute atomic E-state index is 0.283. The van der Waals surface area contributed by atoms with Crippen LogP contribution in [-0.2, 0) is 19.1 Å². The van der Waals surface area contributed by atoms with E-state index in [9.17, 15) is 9.59 Å². The van der Waals surface area contributed by atoms with Gasteiger partial charge in [-0.05, 0) is 20.3 Å². The summed E-state index contributed by atoms with van der Waals surface area (Å²) in [5.41, 5.74) is -0.305. The molecule has 104 valence electrons. The maximum Gasteiger partial charge on any atom is 0.348 e. The van der Waals surface area contributed by atoms with Gasteiger partial charge in [0.25, 0.3) is 0 Å². The molecule has 0 radical (unpaired) electrons. The van der Waals surface area contributed by atoms with Crippen LogP contribution in [0, 0.1) is 10.8 Å². The Hall–Kier alpha value is -1.58. The van der Waals surface area contributed by atoms with E-state index in [4.69, 9.17) is 9.47 Å². The lowest BCUT2D eigenvalue weighted by Crippen LogP contribution is -2.40. The Morgan fingerprint density at radius 1 is 1.42 bits per heavy atom. The third-order valence-electron chi connectivity index (χ3n) is 3.99. The molecule has 4 heteroatoms. The fourth-order valence-electron chi connectivity index (χ4n) is 2.29. The standard InChI is InChI=1S/C15H20O4/c1-10-7-5-6-8-15(10,4)13(17)19-11-12(16)18-9-14(11,2)3/h6-8,11H,5,9H2,1-4H3/t11-,15+/m0/s1. The van der Waals surface area contributed by atoms with Crippen molar-refractivity contribution in [3.05, 3.63) is 23.8 Å². The molecule has 1 aliphatic heterocycles. The molecule has 4 nitrogen and oxygen atoms in total. The van der Waals surface area contributed by atoms with Gasteiger partial charge in [-0.2, -0.15) is 0 Å². The molecule has 0 aromatic rings. The molecule has 1 aliphatic carbocycles. The lowest BCUT2D eigenvalue weighted by molar-refractivity contribution is -0.167. The van der Waals surface area contributed by atoms with Crippen molar-refractivity contribution in [3.8, 4) is 0 Å². The van der Waals surface area contributed by atoms with Gasteiger partial charge < -0.3 is 9.47 Å². The van der Waals surface area contributed by atoms with Crippen LogP contribution in [0.1, 0.15) is 34.1 Å². The van der Waals surface area contributed by atoms with Gasteiger partial charge in [-0.15, -0.1) is 0 Å². The zero-order chi connectivity index (χ0) is 14.3. The van der Waals surface area contributed by atoms with Crippen molar-refractivity contribution in [1.82, 2.24) is 0 Å². The van der Waals surface area contributed by atoms with Crippen molar-refractivity contribution in [2.75, 3.05) is 6.61 Å². The van der Waals surface area contributed by atoms with Crippen LogP contribution >= 0.6 is 0 Å². The predicted molar refractivity (Wildman–Crippen MR) is 70.2 cm³/mol. The quantitative estimate of drug-likeness (QED) is 0.567. The number of rotatable bonds is 2. The van der Waals surface area contributed by atoms with Crippen molar-refractivity contribution in [3.63, 3.8) is 0 Å². The zero-order valence-electron chi connectivity index (χ0n) is 11.9. The fraction of sp³-hybridized carbons (Fsp3) is 0.600. The molecule has 0 unspecified atom stereocenters. The number of allylic oxidation sites excluding steroid dienone is 2. The first-order chi connectivity index (χ1) is 8.77. The SMILES string of the molecule is CC1=CCC=C[C@@]1(C)C(=O)O[C@H]1C(=O)OCC1(C)C. The van der Waals surface area contributed by atoms with Gasteiger partial charge in [0.1, 0.15) is 12.0 Å². The molecule has 1 heterocycles. The number of hydrogen-bond donors (Lipinski definition) is 0. The molecular formula is C15H20O4. The van der Waals surface area contributed by atoms with Crippen LogP contribution < -0.4 is 0 Å². The summed E-state index contributed by atoms with van der Waals surface area (Å²) in [4.78, 5) is 24.1. The summed E-state index contributed by atoms with van der Waals surface area (Å²) < 4.78 is 10.4. The molecule has 0 N–H and O–H groups in total. The first-order valence-corrected chi connectivity index (χ1v) is 6.50. The molecule has 0 amide bonds. The Morgan fingerprint density at radius 3 is 2.63 bits per heavy atom. The Labute approximate surface area is 113 Å². The molecule has 1 saturated heterocycles. The number of carbonyl (C=O) groups is 2. The second-order valence-corrected chi connectivity index (χ2v) is 6.11. The van der Waals surface area contributed by atoms with E-state index in [1.54, 1.807) is 0 Å². The molecule has 0 saturated carbocycles. The molecule has 19 heavy (non-hydrogen) atoms. The normalized spacial score (nSPS) is 32.7. The number of carbonyl (C=O) groups excluding carboxylic acids is 2. The second-order valence-electron chi connectivity index (χ2n) is 6.11. The van der Waals surface area contributed by atoms with Gasteiger partial charge >= 0.3 is 11.9 Å². The van der Waals surface area contributed by atoms with Gasteiger partial charge in [0.05, 0.1) is 0 Å². The maximum atomic E-state index is 12.4. The molecule has 1 fully saturated rings. The lowest BCUT2D eigenvalue weighted by atomic mass is 9.79. The van der Waals surface area contributed by atoms with Crippen LogP contribution in [0.2, 0.25) is 0 Å². The minimum Gasteiger partial charge on any atom is -0.462 e. The molecule has 0 aromatic carbocycles. The summed E-state index contributed by atoms with van der Waals surface area (Å²) in [5, 5.41) is 0. The third kappa shape index (κ3) is 2.31. The van der Waals surface area contributed by atoms with Crippen LogP contribution in [0.4, 0.5) is 0 Å². The van der Waals surface area contributed by atoms with E-state index in [1.165, 1.54) is 0 Å². The van der Waals surface area contributed by atoms with Crippen LogP contribution in [-0.4, -0.2) is 24.6 Å². The fourth-order valence-corrected chi connectivity index (χ4v) is 2.29. The molecule has 2 aliphatic rings. The summed E-state index contributed by atoms with van der Waals surface area (Å²) in [5.74, 6) is -0.850.